The van der Waals surface area contributed by atoms with Crippen molar-refractivity contribution in [2.24, 2.45) is 5.41 Å². The first-order chi connectivity index (χ1) is 11.3. The number of amides is 2. The second-order valence-corrected chi connectivity index (χ2v) is 7.41. The highest BCUT2D eigenvalue weighted by Gasteiger charge is 2.21. The summed E-state index contributed by atoms with van der Waals surface area (Å²) < 4.78 is 0. The van der Waals surface area contributed by atoms with Crippen molar-refractivity contribution in [2.45, 2.75) is 20.4 Å². The normalized spacial score (nSPS) is 11.8. The molecule has 0 aliphatic rings. The van der Waals surface area contributed by atoms with Gasteiger partial charge in [0.2, 0.25) is 0 Å². The minimum atomic E-state index is -0.0724. The molecule has 0 radical (unpaired) electrons. The lowest BCUT2D eigenvalue weighted by molar-refractivity contribution is 0.191. The van der Waals surface area contributed by atoms with E-state index < -0.39 is 0 Å². The molecule has 0 aliphatic heterocycles. The number of nitrogens with zero attached hydrogens (tertiary/aromatic N) is 3. The van der Waals surface area contributed by atoms with Gasteiger partial charge in [-0.25, -0.2) is 4.79 Å². The van der Waals surface area contributed by atoms with Gasteiger partial charge in [-0.2, -0.15) is 0 Å². The number of rotatable bonds is 6. The Balaban J connectivity index is 1.93. The molecule has 1 N–H and O–H groups in total. The number of carbonyl (C=O) groups excluding carboxylic acids is 1. The number of nitrogens with one attached hydrogen (secondary N) is 1. The third kappa shape index (κ3) is 5.20. The van der Waals surface area contributed by atoms with Crippen LogP contribution in [-0.4, -0.2) is 55.0 Å². The van der Waals surface area contributed by atoms with Crippen molar-refractivity contribution in [3.05, 3.63) is 42.1 Å². The van der Waals surface area contributed by atoms with E-state index in [1.54, 1.807) is 11.9 Å². The fraction of sp³-hybridized carbons (Fsp3) is 0.474. The van der Waals surface area contributed by atoms with Gasteiger partial charge < -0.3 is 15.1 Å². The molecular weight excluding hydrogens is 300 g/mol. The van der Waals surface area contributed by atoms with Crippen LogP contribution in [0.5, 0.6) is 0 Å². The van der Waals surface area contributed by atoms with E-state index in [2.05, 4.69) is 29.0 Å². The summed E-state index contributed by atoms with van der Waals surface area (Å²) >= 11 is 0. The maximum atomic E-state index is 12.3. The van der Waals surface area contributed by atoms with Gasteiger partial charge in [0.25, 0.3) is 0 Å². The summed E-state index contributed by atoms with van der Waals surface area (Å²) in [6, 6.07) is 11.9. The van der Waals surface area contributed by atoms with Gasteiger partial charge in [-0.15, -0.1) is 0 Å². The van der Waals surface area contributed by atoms with Gasteiger partial charge in [0, 0.05) is 25.5 Å². The van der Waals surface area contributed by atoms with Crippen molar-refractivity contribution in [1.82, 2.24) is 20.1 Å². The third-order valence-electron chi connectivity index (χ3n) is 3.86. The number of pyridine rings is 1. The SMILES string of the molecule is CN(C)CC(C)(C)CNC(=O)N(C)Cc1ccc2ccccc2n1. The first kappa shape index (κ1) is 18.2. The maximum absolute atomic E-state index is 12.3. The molecule has 5 heteroatoms. The van der Waals surface area contributed by atoms with Crippen LogP contribution < -0.4 is 5.32 Å². The number of aromatic nitrogens is 1. The quantitative estimate of drug-likeness (QED) is 0.887. The van der Waals surface area contributed by atoms with Crippen LogP contribution in [-0.2, 0) is 6.54 Å². The van der Waals surface area contributed by atoms with E-state index in [9.17, 15) is 4.79 Å². The lowest BCUT2D eigenvalue weighted by Crippen LogP contribution is -2.44. The standard InChI is InChI=1S/C19H28N4O/c1-19(2,14-22(3)4)13-20-18(24)23(5)12-16-11-10-15-8-6-7-9-17(15)21-16/h6-11H,12-14H2,1-5H3,(H,20,24). The molecule has 0 bridgehead atoms. The highest BCUT2D eigenvalue weighted by Crippen LogP contribution is 2.15. The van der Waals surface area contributed by atoms with Crippen molar-refractivity contribution in [3.8, 4) is 0 Å². The molecule has 5 nitrogen and oxygen atoms in total. The van der Waals surface area contributed by atoms with Crippen LogP contribution in [0, 0.1) is 5.41 Å². The number of para-hydroxylation sites is 1. The predicted molar refractivity (Wildman–Crippen MR) is 98.9 cm³/mol. The van der Waals surface area contributed by atoms with Crippen LogP contribution in [0.15, 0.2) is 36.4 Å². The first-order valence-corrected chi connectivity index (χ1v) is 8.25. The minimum absolute atomic E-state index is 0.0290. The summed E-state index contributed by atoms with van der Waals surface area (Å²) in [4.78, 5) is 20.7. The molecule has 0 fully saturated rings. The lowest BCUT2D eigenvalue weighted by Gasteiger charge is -2.29. The van der Waals surface area contributed by atoms with E-state index in [1.807, 2.05) is 50.5 Å². The molecule has 2 aromatic rings. The van der Waals surface area contributed by atoms with Gasteiger partial charge in [0.1, 0.15) is 0 Å². The second kappa shape index (κ2) is 7.62. The Labute approximate surface area is 144 Å². The number of urea groups is 1. The molecule has 0 saturated carbocycles. The largest absolute Gasteiger partial charge is 0.337 e. The monoisotopic (exact) mass is 328 g/mol. The Kier molecular flexibility index (Phi) is 5.78. The van der Waals surface area contributed by atoms with Crippen molar-refractivity contribution in [2.75, 3.05) is 34.2 Å². The van der Waals surface area contributed by atoms with Crippen molar-refractivity contribution in [1.29, 1.82) is 0 Å². The van der Waals surface area contributed by atoms with Gasteiger partial charge in [-0.05, 0) is 31.6 Å². The molecule has 0 aliphatic carbocycles. The van der Waals surface area contributed by atoms with Gasteiger partial charge in [-0.3, -0.25) is 4.98 Å². The highest BCUT2D eigenvalue weighted by molar-refractivity contribution is 5.78. The Bertz CT molecular complexity index is 697. The molecule has 24 heavy (non-hydrogen) atoms. The van der Waals surface area contributed by atoms with E-state index in [0.717, 1.165) is 23.1 Å². The summed E-state index contributed by atoms with van der Waals surface area (Å²) in [6.45, 7) is 6.35. The summed E-state index contributed by atoms with van der Waals surface area (Å²) in [5.74, 6) is 0. The Morgan fingerprint density at radius 2 is 1.83 bits per heavy atom. The zero-order valence-corrected chi connectivity index (χ0v) is 15.3. The van der Waals surface area contributed by atoms with E-state index in [-0.39, 0.29) is 11.4 Å². The van der Waals surface area contributed by atoms with Crippen molar-refractivity contribution in [3.63, 3.8) is 0 Å². The number of hydrogen-bond donors (Lipinski definition) is 1. The second-order valence-electron chi connectivity index (χ2n) is 7.41. The minimum Gasteiger partial charge on any atom is -0.337 e. The average molecular weight is 328 g/mol. The van der Waals surface area contributed by atoms with E-state index in [1.165, 1.54) is 0 Å². The molecule has 1 heterocycles. The average Bonchev–Trinajstić information content (AvgIpc) is 2.51. The summed E-state index contributed by atoms with van der Waals surface area (Å²) in [6.07, 6.45) is 0. The topological polar surface area (TPSA) is 48.5 Å². The van der Waals surface area contributed by atoms with Crippen molar-refractivity contribution < 1.29 is 4.79 Å². The number of fused-ring (bicyclic) bond motifs is 1. The van der Waals surface area contributed by atoms with Crippen LogP contribution in [0.4, 0.5) is 4.79 Å². The Morgan fingerprint density at radius 1 is 1.12 bits per heavy atom. The van der Waals surface area contributed by atoms with Gasteiger partial charge in [-0.1, -0.05) is 38.1 Å². The fourth-order valence-electron chi connectivity index (χ4n) is 2.87. The Morgan fingerprint density at radius 3 is 2.54 bits per heavy atom. The van der Waals surface area contributed by atoms with Gasteiger partial charge in [0.05, 0.1) is 17.8 Å². The lowest BCUT2D eigenvalue weighted by atomic mass is 9.93. The van der Waals surface area contributed by atoms with Crippen molar-refractivity contribution >= 4 is 16.9 Å². The summed E-state index contributed by atoms with van der Waals surface area (Å²) in [5, 5.41) is 4.13. The van der Waals surface area contributed by atoms with Crippen LogP contribution in [0.3, 0.4) is 0 Å². The third-order valence-corrected chi connectivity index (χ3v) is 3.86. The molecular formula is C19H28N4O. The number of carbonyl (C=O) groups is 1. The number of hydrogen-bond acceptors (Lipinski definition) is 3. The smallest absolute Gasteiger partial charge is 0.317 e. The number of benzene rings is 1. The van der Waals surface area contributed by atoms with Crippen LogP contribution in [0.2, 0.25) is 0 Å². The first-order valence-electron chi connectivity index (χ1n) is 8.25. The van der Waals surface area contributed by atoms with Crippen LogP contribution in [0.1, 0.15) is 19.5 Å². The highest BCUT2D eigenvalue weighted by atomic mass is 16.2. The predicted octanol–water partition coefficient (Wildman–Crippen LogP) is 2.96. The molecule has 2 amide bonds. The van der Waals surface area contributed by atoms with Gasteiger partial charge in [0.15, 0.2) is 0 Å². The van der Waals surface area contributed by atoms with Gasteiger partial charge >= 0.3 is 6.03 Å². The van der Waals surface area contributed by atoms with Crippen LogP contribution in [0.25, 0.3) is 10.9 Å². The summed E-state index contributed by atoms with van der Waals surface area (Å²) in [5.41, 5.74) is 1.87. The molecule has 0 spiro atoms. The zero-order chi connectivity index (χ0) is 17.7. The van der Waals surface area contributed by atoms with E-state index in [4.69, 9.17) is 0 Å². The van der Waals surface area contributed by atoms with Crippen LogP contribution >= 0.6 is 0 Å². The summed E-state index contributed by atoms with van der Waals surface area (Å²) in [7, 11) is 5.88. The molecule has 0 unspecified atom stereocenters. The molecule has 1 aromatic heterocycles. The molecule has 2 rings (SSSR count). The van der Waals surface area contributed by atoms with E-state index in [0.29, 0.717) is 13.1 Å². The molecule has 0 saturated heterocycles. The molecule has 0 atom stereocenters. The zero-order valence-electron chi connectivity index (χ0n) is 15.3. The van der Waals surface area contributed by atoms with E-state index >= 15 is 0 Å². The molecule has 130 valence electrons. The fourth-order valence-corrected chi connectivity index (χ4v) is 2.87. The molecule has 1 aromatic carbocycles. The Hall–Kier alpha value is -2.14. The maximum Gasteiger partial charge on any atom is 0.317 e.